The van der Waals surface area contributed by atoms with Crippen molar-refractivity contribution in [2.75, 3.05) is 33.3 Å². The molecule has 0 radical (unpaired) electrons. The van der Waals surface area contributed by atoms with Crippen LogP contribution in [0.4, 0.5) is 0 Å². The summed E-state index contributed by atoms with van der Waals surface area (Å²) in [5.41, 5.74) is -0.0191. The minimum atomic E-state index is -0.0191. The number of aryl methyl sites for hydroxylation is 1. The first-order chi connectivity index (χ1) is 10.6. The van der Waals surface area contributed by atoms with Gasteiger partial charge in [0.25, 0.3) is 0 Å². The first-order valence-corrected chi connectivity index (χ1v) is 8.12. The van der Waals surface area contributed by atoms with Crippen LogP contribution in [0.2, 0.25) is 0 Å². The quantitative estimate of drug-likeness (QED) is 0.883. The van der Waals surface area contributed by atoms with Crippen molar-refractivity contribution in [1.29, 1.82) is 0 Å². The highest BCUT2D eigenvalue weighted by molar-refractivity contribution is 5.76. The lowest BCUT2D eigenvalue weighted by atomic mass is 9.69. The van der Waals surface area contributed by atoms with Gasteiger partial charge >= 0.3 is 0 Å². The summed E-state index contributed by atoms with van der Waals surface area (Å²) in [5.74, 6) is 1.01. The number of aliphatic hydroxyl groups is 1. The SMILES string of the molecule is Cc1nccn1CC(=O)N1CC[C@@]2(CO)CCCN(C)[C@@H]2C1. The van der Waals surface area contributed by atoms with Crippen LogP contribution in [0.5, 0.6) is 0 Å². The van der Waals surface area contributed by atoms with E-state index in [1.54, 1.807) is 6.20 Å². The molecule has 0 aromatic carbocycles. The van der Waals surface area contributed by atoms with Crippen LogP contribution in [0.3, 0.4) is 0 Å². The number of carbonyl (C=O) groups is 1. The first-order valence-electron chi connectivity index (χ1n) is 8.12. The Kier molecular flexibility index (Phi) is 4.23. The van der Waals surface area contributed by atoms with Gasteiger partial charge in [-0.25, -0.2) is 4.98 Å². The molecule has 2 atom stereocenters. The number of likely N-dealkylation sites (tertiary alicyclic amines) is 2. The lowest BCUT2D eigenvalue weighted by molar-refractivity contribution is -0.140. The molecule has 0 spiro atoms. The summed E-state index contributed by atoms with van der Waals surface area (Å²) < 4.78 is 1.89. The number of amides is 1. The lowest BCUT2D eigenvalue weighted by Crippen LogP contribution is -2.62. The van der Waals surface area contributed by atoms with E-state index in [9.17, 15) is 9.90 Å². The third-order valence-electron chi connectivity index (χ3n) is 5.59. The van der Waals surface area contributed by atoms with Crippen LogP contribution in [0.15, 0.2) is 12.4 Å². The summed E-state index contributed by atoms with van der Waals surface area (Å²) in [6.45, 7) is 5.02. The Labute approximate surface area is 131 Å². The maximum atomic E-state index is 12.6. The van der Waals surface area contributed by atoms with Crippen LogP contribution in [0, 0.1) is 12.3 Å². The van der Waals surface area contributed by atoms with Crippen molar-refractivity contribution in [3.63, 3.8) is 0 Å². The lowest BCUT2D eigenvalue weighted by Gasteiger charge is -2.53. The van der Waals surface area contributed by atoms with Crippen molar-refractivity contribution >= 4 is 5.91 Å². The monoisotopic (exact) mass is 306 g/mol. The van der Waals surface area contributed by atoms with E-state index >= 15 is 0 Å². The van der Waals surface area contributed by atoms with Gasteiger partial charge in [-0.3, -0.25) is 4.79 Å². The Morgan fingerprint density at radius 1 is 1.45 bits per heavy atom. The predicted octanol–water partition coefficient (Wildman–Crippen LogP) is 0.497. The Bertz CT molecular complexity index is 544. The number of carbonyl (C=O) groups excluding carboxylic acids is 1. The van der Waals surface area contributed by atoms with E-state index in [0.717, 1.165) is 44.7 Å². The molecule has 2 saturated heterocycles. The van der Waals surface area contributed by atoms with E-state index in [-0.39, 0.29) is 24.0 Å². The zero-order chi connectivity index (χ0) is 15.7. The molecule has 22 heavy (non-hydrogen) atoms. The molecule has 6 nitrogen and oxygen atoms in total. The summed E-state index contributed by atoms with van der Waals surface area (Å²) in [6.07, 6.45) is 6.68. The highest BCUT2D eigenvalue weighted by Gasteiger charge is 2.47. The first kappa shape index (κ1) is 15.5. The second-order valence-electron chi connectivity index (χ2n) is 6.81. The largest absolute Gasteiger partial charge is 0.396 e. The molecule has 2 aliphatic rings. The van der Waals surface area contributed by atoms with Crippen LogP contribution < -0.4 is 0 Å². The summed E-state index contributed by atoms with van der Waals surface area (Å²) >= 11 is 0. The fourth-order valence-corrected chi connectivity index (χ4v) is 4.06. The highest BCUT2D eigenvalue weighted by atomic mass is 16.3. The number of hydrogen-bond donors (Lipinski definition) is 1. The minimum Gasteiger partial charge on any atom is -0.396 e. The third kappa shape index (κ3) is 2.65. The van der Waals surface area contributed by atoms with Gasteiger partial charge in [-0.2, -0.15) is 0 Å². The topological polar surface area (TPSA) is 61.6 Å². The number of imidazole rings is 1. The van der Waals surface area contributed by atoms with Crippen molar-refractivity contribution in [2.24, 2.45) is 5.41 Å². The van der Waals surface area contributed by atoms with E-state index in [1.165, 1.54) is 0 Å². The van der Waals surface area contributed by atoms with E-state index in [0.29, 0.717) is 6.54 Å². The van der Waals surface area contributed by atoms with Crippen molar-refractivity contribution in [2.45, 2.75) is 38.8 Å². The predicted molar refractivity (Wildman–Crippen MR) is 83.3 cm³/mol. The summed E-state index contributed by atoms with van der Waals surface area (Å²) in [4.78, 5) is 21.0. The van der Waals surface area contributed by atoms with Gasteiger partial charge in [-0.1, -0.05) is 0 Å². The van der Waals surface area contributed by atoms with Gasteiger partial charge in [0.05, 0.1) is 6.61 Å². The number of fused-ring (bicyclic) bond motifs is 1. The average molecular weight is 306 g/mol. The van der Waals surface area contributed by atoms with Crippen LogP contribution in [0.25, 0.3) is 0 Å². The smallest absolute Gasteiger partial charge is 0.242 e. The van der Waals surface area contributed by atoms with Gasteiger partial charge in [-0.15, -0.1) is 0 Å². The zero-order valence-electron chi connectivity index (χ0n) is 13.5. The summed E-state index contributed by atoms with van der Waals surface area (Å²) in [5, 5.41) is 9.92. The Balaban J connectivity index is 1.70. The number of rotatable bonds is 3. The van der Waals surface area contributed by atoms with Crippen LogP contribution >= 0.6 is 0 Å². The van der Waals surface area contributed by atoms with E-state index in [4.69, 9.17) is 0 Å². The molecule has 0 saturated carbocycles. The highest BCUT2D eigenvalue weighted by Crippen LogP contribution is 2.41. The number of nitrogens with zero attached hydrogens (tertiary/aromatic N) is 4. The van der Waals surface area contributed by atoms with E-state index in [2.05, 4.69) is 16.9 Å². The van der Waals surface area contributed by atoms with Gasteiger partial charge in [0.15, 0.2) is 0 Å². The van der Waals surface area contributed by atoms with Crippen LogP contribution in [-0.4, -0.2) is 69.7 Å². The molecule has 3 rings (SSSR count). The third-order valence-corrected chi connectivity index (χ3v) is 5.59. The molecule has 1 aromatic heterocycles. The van der Waals surface area contributed by atoms with Crippen molar-refractivity contribution in [1.82, 2.24) is 19.4 Å². The molecule has 1 N–H and O–H groups in total. The molecule has 122 valence electrons. The summed E-state index contributed by atoms with van der Waals surface area (Å²) in [7, 11) is 2.11. The molecule has 3 heterocycles. The van der Waals surface area contributed by atoms with E-state index < -0.39 is 0 Å². The van der Waals surface area contributed by atoms with Gasteiger partial charge < -0.3 is 19.5 Å². The van der Waals surface area contributed by atoms with Gasteiger partial charge in [0.1, 0.15) is 12.4 Å². The number of aliphatic hydroxyl groups excluding tert-OH is 1. The second-order valence-corrected chi connectivity index (χ2v) is 6.81. The Morgan fingerprint density at radius 2 is 2.27 bits per heavy atom. The Hall–Kier alpha value is -1.40. The van der Waals surface area contributed by atoms with Gasteiger partial charge in [0.2, 0.25) is 5.91 Å². The maximum absolute atomic E-state index is 12.6. The zero-order valence-corrected chi connectivity index (χ0v) is 13.5. The van der Waals surface area contributed by atoms with Crippen LogP contribution in [-0.2, 0) is 11.3 Å². The number of hydrogen-bond acceptors (Lipinski definition) is 4. The number of aromatic nitrogens is 2. The fraction of sp³-hybridized carbons (Fsp3) is 0.750. The van der Waals surface area contributed by atoms with Crippen molar-refractivity contribution in [3.8, 4) is 0 Å². The minimum absolute atomic E-state index is 0.0191. The number of piperidine rings is 2. The van der Waals surface area contributed by atoms with Gasteiger partial charge in [0, 0.05) is 36.9 Å². The molecular formula is C16H26N4O2. The number of likely N-dealkylation sites (N-methyl/N-ethyl adjacent to an activating group) is 1. The molecule has 0 aliphatic carbocycles. The molecule has 1 aromatic rings. The molecule has 2 fully saturated rings. The summed E-state index contributed by atoms with van der Waals surface area (Å²) in [6, 6.07) is 0.271. The maximum Gasteiger partial charge on any atom is 0.242 e. The standard InChI is InChI=1S/C16H26N4O2/c1-13-17-6-9-19(13)11-15(22)20-8-5-16(12-21)4-3-7-18(2)14(16)10-20/h6,9,14,21H,3-5,7-8,10-12H2,1-2H3/t14-,16-/m1/s1. The molecule has 2 aliphatic heterocycles. The van der Waals surface area contributed by atoms with E-state index in [1.807, 2.05) is 22.6 Å². The van der Waals surface area contributed by atoms with Gasteiger partial charge in [-0.05, 0) is 39.8 Å². The van der Waals surface area contributed by atoms with Crippen molar-refractivity contribution in [3.05, 3.63) is 18.2 Å². The average Bonchev–Trinajstić information content (AvgIpc) is 2.92. The normalized spacial score (nSPS) is 29.4. The molecule has 0 unspecified atom stereocenters. The molecule has 6 heteroatoms. The Morgan fingerprint density at radius 3 is 2.95 bits per heavy atom. The molecule has 0 bridgehead atoms. The van der Waals surface area contributed by atoms with Crippen molar-refractivity contribution < 1.29 is 9.90 Å². The molecule has 1 amide bonds. The molecular weight excluding hydrogens is 280 g/mol. The fourth-order valence-electron chi connectivity index (χ4n) is 4.06. The second kappa shape index (κ2) is 6.01. The van der Waals surface area contributed by atoms with Crippen LogP contribution in [0.1, 0.15) is 25.1 Å².